The van der Waals surface area contributed by atoms with E-state index in [1.165, 1.54) is 6.92 Å². The zero-order valence-electron chi connectivity index (χ0n) is 12.0. The molecule has 4 N–H and O–H groups in total. The highest BCUT2D eigenvalue weighted by molar-refractivity contribution is 5.92. The van der Waals surface area contributed by atoms with Gasteiger partial charge in [-0.3, -0.25) is 14.9 Å². The van der Waals surface area contributed by atoms with E-state index in [0.29, 0.717) is 12.1 Å². The van der Waals surface area contributed by atoms with E-state index in [1.54, 1.807) is 0 Å². The summed E-state index contributed by atoms with van der Waals surface area (Å²) in [5.41, 5.74) is -2.37. The predicted octanol–water partition coefficient (Wildman–Crippen LogP) is 0.353. The number of hydrogen-bond acceptors (Lipinski definition) is 6. The molecule has 0 saturated heterocycles. The van der Waals surface area contributed by atoms with E-state index < -0.39 is 45.7 Å². The second kappa shape index (κ2) is 7.61. The number of amides is 1. The van der Waals surface area contributed by atoms with Crippen molar-refractivity contribution in [1.82, 2.24) is 5.32 Å². The second-order valence-electron chi connectivity index (χ2n) is 4.74. The molecule has 0 aromatic heterocycles. The summed E-state index contributed by atoms with van der Waals surface area (Å²) in [4.78, 5) is 31.4. The Labute approximate surface area is 129 Å². The van der Waals surface area contributed by atoms with Crippen LogP contribution in [0, 0.1) is 15.9 Å². The highest BCUT2D eigenvalue weighted by atomic mass is 19.1. The molecule has 2 atom stereocenters. The third-order valence-corrected chi connectivity index (χ3v) is 3.04. The summed E-state index contributed by atoms with van der Waals surface area (Å²) in [6, 6.07) is 0.991. The number of carboxylic acids is 1. The lowest BCUT2D eigenvalue weighted by Crippen LogP contribution is -2.28. The van der Waals surface area contributed by atoms with E-state index in [0.717, 1.165) is 0 Å². The minimum atomic E-state index is -1.81. The SMILES string of the molecule is CC(=O)NCCC(O)C(O)c1cc([N+](=O)[O-])c(C(=O)O)cc1F. The number of carboxylic acid groups (broad SMARTS) is 1. The average Bonchev–Trinajstić information content (AvgIpc) is 2.45. The van der Waals surface area contributed by atoms with Crippen LogP contribution in [0.2, 0.25) is 0 Å². The Hall–Kier alpha value is -2.59. The molecule has 1 aromatic carbocycles. The largest absolute Gasteiger partial charge is 0.477 e. The van der Waals surface area contributed by atoms with Crippen LogP contribution < -0.4 is 5.32 Å². The number of halogens is 1. The summed E-state index contributed by atoms with van der Waals surface area (Å²) in [5, 5.41) is 41.7. The summed E-state index contributed by atoms with van der Waals surface area (Å²) < 4.78 is 13.9. The van der Waals surface area contributed by atoms with Crippen molar-refractivity contribution in [3.63, 3.8) is 0 Å². The summed E-state index contributed by atoms with van der Waals surface area (Å²) >= 11 is 0. The number of aromatic carboxylic acids is 1. The molecule has 0 fully saturated rings. The molecule has 1 amide bonds. The van der Waals surface area contributed by atoms with Crippen molar-refractivity contribution in [2.45, 2.75) is 25.6 Å². The van der Waals surface area contributed by atoms with Gasteiger partial charge in [0, 0.05) is 25.1 Å². The second-order valence-corrected chi connectivity index (χ2v) is 4.74. The number of aliphatic hydroxyl groups excluding tert-OH is 2. The van der Waals surface area contributed by atoms with Crippen molar-refractivity contribution in [3.05, 3.63) is 39.2 Å². The van der Waals surface area contributed by atoms with Gasteiger partial charge in [0.2, 0.25) is 5.91 Å². The molecule has 9 nitrogen and oxygen atoms in total. The van der Waals surface area contributed by atoms with Crippen molar-refractivity contribution in [2.24, 2.45) is 0 Å². The Morgan fingerprint density at radius 2 is 2.00 bits per heavy atom. The molecule has 126 valence electrons. The van der Waals surface area contributed by atoms with Gasteiger partial charge in [0.1, 0.15) is 17.5 Å². The molecular weight excluding hydrogens is 315 g/mol. The third kappa shape index (κ3) is 4.69. The first-order valence-electron chi connectivity index (χ1n) is 6.46. The number of carbonyl (C=O) groups excluding carboxylic acids is 1. The molecule has 0 saturated carbocycles. The molecular formula is C13H15FN2O7. The first kappa shape index (κ1) is 18.5. The lowest BCUT2D eigenvalue weighted by molar-refractivity contribution is -0.385. The van der Waals surface area contributed by atoms with E-state index in [1.807, 2.05) is 0 Å². The van der Waals surface area contributed by atoms with Gasteiger partial charge in [-0.05, 0) is 12.5 Å². The zero-order valence-corrected chi connectivity index (χ0v) is 12.0. The number of carbonyl (C=O) groups is 2. The van der Waals surface area contributed by atoms with Gasteiger partial charge in [-0.25, -0.2) is 9.18 Å². The summed E-state index contributed by atoms with van der Waals surface area (Å²) in [7, 11) is 0. The standard InChI is InChI=1S/C13H15FN2O7/c1-6(17)15-3-2-11(18)12(19)7-5-10(16(22)23)8(13(20)21)4-9(7)14/h4-5,11-12,18-19H,2-3H2,1H3,(H,15,17)(H,20,21). The Balaban J connectivity index is 3.06. The summed E-state index contributed by atoms with van der Waals surface area (Å²) in [6.07, 6.45) is -3.45. The lowest BCUT2D eigenvalue weighted by Gasteiger charge is -2.19. The van der Waals surface area contributed by atoms with Crippen molar-refractivity contribution < 1.29 is 34.2 Å². The van der Waals surface area contributed by atoms with Crippen LogP contribution in [-0.2, 0) is 4.79 Å². The first-order chi connectivity index (χ1) is 10.6. The molecule has 0 aliphatic rings. The smallest absolute Gasteiger partial charge is 0.342 e. The minimum Gasteiger partial charge on any atom is -0.477 e. The molecule has 1 aromatic rings. The van der Waals surface area contributed by atoms with Gasteiger partial charge >= 0.3 is 5.97 Å². The molecule has 0 heterocycles. The van der Waals surface area contributed by atoms with Crippen molar-refractivity contribution in [2.75, 3.05) is 6.54 Å². The molecule has 0 bridgehead atoms. The quantitative estimate of drug-likeness (QED) is 0.416. The van der Waals surface area contributed by atoms with E-state index >= 15 is 0 Å². The Morgan fingerprint density at radius 1 is 1.39 bits per heavy atom. The number of nitro benzene ring substituents is 1. The molecule has 0 spiro atoms. The van der Waals surface area contributed by atoms with Gasteiger partial charge < -0.3 is 20.6 Å². The van der Waals surface area contributed by atoms with Gasteiger partial charge in [0.25, 0.3) is 5.69 Å². The van der Waals surface area contributed by atoms with E-state index in [9.17, 15) is 34.3 Å². The number of nitro groups is 1. The van der Waals surface area contributed by atoms with Gasteiger partial charge in [-0.2, -0.15) is 0 Å². The van der Waals surface area contributed by atoms with Crippen LogP contribution in [0.25, 0.3) is 0 Å². The number of hydrogen-bond donors (Lipinski definition) is 4. The highest BCUT2D eigenvalue weighted by Crippen LogP contribution is 2.29. The maximum atomic E-state index is 13.9. The average molecular weight is 330 g/mol. The maximum absolute atomic E-state index is 13.9. The minimum absolute atomic E-state index is 0.00445. The van der Waals surface area contributed by atoms with Crippen LogP contribution >= 0.6 is 0 Å². The third-order valence-electron chi connectivity index (χ3n) is 3.04. The molecule has 0 radical (unpaired) electrons. The van der Waals surface area contributed by atoms with Gasteiger partial charge in [0.05, 0.1) is 11.0 Å². The maximum Gasteiger partial charge on any atom is 0.342 e. The normalized spacial score (nSPS) is 13.2. The number of aliphatic hydroxyl groups is 2. The van der Waals surface area contributed by atoms with Crippen molar-refractivity contribution in [1.29, 1.82) is 0 Å². The van der Waals surface area contributed by atoms with Crippen LogP contribution in [0.3, 0.4) is 0 Å². The van der Waals surface area contributed by atoms with Gasteiger partial charge in [-0.1, -0.05) is 0 Å². The summed E-state index contributed by atoms with van der Waals surface area (Å²) in [6.45, 7) is 1.25. The summed E-state index contributed by atoms with van der Waals surface area (Å²) in [5.74, 6) is -3.25. The van der Waals surface area contributed by atoms with Crippen LogP contribution in [0.15, 0.2) is 12.1 Å². The molecule has 23 heavy (non-hydrogen) atoms. The molecule has 1 rings (SSSR count). The monoisotopic (exact) mass is 330 g/mol. The fourth-order valence-electron chi connectivity index (χ4n) is 1.89. The fraction of sp³-hybridized carbons (Fsp3) is 0.385. The number of nitrogens with zero attached hydrogens (tertiary/aromatic N) is 1. The Morgan fingerprint density at radius 3 is 2.48 bits per heavy atom. The highest BCUT2D eigenvalue weighted by Gasteiger charge is 2.28. The van der Waals surface area contributed by atoms with E-state index in [2.05, 4.69) is 5.32 Å². The van der Waals surface area contributed by atoms with Crippen LogP contribution in [0.5, 0.6) is 0 Å². The van der Waals surface area contributed by atoms with Crippen LogP contribution in [-0.4, -0.2) is 44.8 Å². The molecule has 0 aliphatic carbocycles. The number of rotatable bonds is 7. The Bertz CT molecular complexity index is 635. The molecule has 0 aliphatic heterocycles. The van der Waals surface area contributed by atoms with Gasteiger partial charge in [0.15, 0.2) is 0 Å². The van der Waals surface area contributed by atoms with E-state index in [4.69, 9.17) is 5.11 Å². The predicted molar refractivity (Wildman–Crippen MR) is 74.3 cm³/mol. The van der Waals surface area contributed by atoms with Crippen LogP contribution in [0.4, 0.5) is 10.1 Å². The molecule has 2 unspecified atom stereocenters. The van der Waals surface area contributed by atoms with E-state index in [-0.39, 0.29) is 18.9 Å². The first-order valence-corrected chi connectivity index (χ1v) is 6.46. The van der Waals surface area contributed by atoms with Crippen LogP contribution in [0.1, 0.15) is 35.4 Å². The van der Waals surface area contributed by atoms with Gasteiger partial charge in [-0.15, -0.1) is 0 Å². The van der Waals surface area contributed by atoms with Crippen molar-refractivity contribution >= 4 is 17.6 Å². The number of benzene rings is 1. The lowest BCUT2D eigenvalue weighted by atomic mass is 9.98. The zero-order chi connectivity index (χ0) is 17.7. The Kier molecular flexibility index (Phi) is 6.10. The molecule has 10 heteroatoms. The topological polar surface area (TPSA) is 150 Å². The van der Waals surface area contributed by atoms with Crippen molar-refractivity contribution in [3.8, 4) is 0 Å². The number of nitrogens with one attached hydrogen (secondary N) is 1. The fourth-order valence-corrected chi connectivity index (χ4v) is 1.89.